The summed E-state index contributed by atoms with van der Waals surface area (Å²) in [5.41, 5.74) is 1.70. The van der Waals surface area contributed by atoms with Crippen molar-refractivity contribution in [3.63, 3.8) is 0 Å². The first-order chi connectivity index (χ1) is 16.2. The van der Waals surface area contributed by atoms with Gasteiger partial charge in [0.25, 0.3) is 5.91 Å². The number of amides is 1. The van der Waals surface area contributed by atoms with E-state index in [4.69, 9.17) is 44.3 Å². The summed E-state index contributed by atoms with van der Waals surface area (Å²) in [7, 11) is 0. The lowest BCUT2D eigenvalue weighted by atomic mass is 10.0. The molecule has 0 saturated carbocycles. The summed E-state index contributed by atoms with van der Waals surface area (Å²) in [4.78, 5) is 25.2. The SMILES string of the molecule is CCOC(=O)c1c(-c2ccccc2)csc1NC(NC(=O)COc1ccc(F)cc1)C(Cl)(Cl)Cl. The minimum atomic E-state index is -1.98. The predicted octanol–water partition coefficient (Wildman–Crippen LogP) is 6.03. The average molecular weight is 546 g/mol. The normalized spacial score (nSPS) is 12.0. The monoisotopic (exact) mass is 544 g/mol. The molecule has 0 bridgehead atoms. The van der Waals surface area contributed by atoms with Crippen LogP contribution in [0.2, 0.25) is 0 Å². The number of carbonyl (C=O) groups is 2. The molecule has 2 N–H and O–H groups in total. The molecule has 2 aromatic carbocycles. The number of rotatable bonds is 9. The van der Waals surface area contributed by atoms with Crippen molar-refractivity contribution in [3.05, 3.63) is 71.4 Å². The van der Waals surface area contributed by atoms with Crippen LogP contribution in [0.25, 0.3) is 11.1 Å². The Bertz CT molecular complexity index is 1120. The highest BCUT2D eigenvalue weighted by atomic mass is 35.6. The summed E-state index contributed by atoms with van der Waals surface area (Å²) in [6.45, 7) is 1.47. The van der Waals surface area contributed by atoms with E-state index in [0.717, 1.165) is 5.56 Å². The maximum Gasteiger partial charge on any atom is 0.341 e. The van der Waals surface area contributed by atoms with Crippen molar-refractivity contribution in [2.75, 3.05) is 18.5 Å². The number of ether oxygens (including phenoxy) is 2. The first kappa shape index (κ1) is 26.1. The molecule has 1 amide bonds. The molecule has 0 spiro atoms. The van der Waals surface area contributed by atoms with Gasteiger partial charge in [-0.25, -0.2) is 9.18 Å². The molecule has 11 heteroatoms. The van der Waals surface area contributed by atoms with Gasteiger partial charge in [0.2, 0.25) is 3.79 Å². The lowest BCUT2D eigenvalue weighted by Gasteiger charge is -2.27. The number of benzene rings is 2. The Morgan fingerprint density at radius 3 is 2.38 bits per heavy atom. The first-order valence-electron chi connectivity index (χ1n) is 10.0. The zero-order chi connectivity index (χ0) is 24.7. The van der Waals surface area contributed by atoms with Gasteiger partial charge in [0.1, 0.15) is 28.3 Å². The van der Waals surface area contributed by atoms with E-state index >= 15 is 0 Å². The third-order valence-corrected chi connectivity index (χ3v) is 6.01. The Labute approximate surface area is 214 Å². The van der Waals surface area contributed by atoms with Crippen molar-refractivity contribution >= 4 is 63.0 Å². The second kappa shape index (κ2) is 11.8. The van der Waals surface area contributed by atoms with Crippen molar-refractivity contribution in [2.24, 2.45) is 0 Å². The van der Waals surface area contributed by atoms with Crippen LogP contribution in [0.15, 0.2) is 60.0 Å². The van der Waals surface area contributed by atoms with Crippen LogP contribution < -0.4 is 15.4 Å². The minimum absolute atomic E-state index is 0.174. The van der Waals surface area contributed by atoms with Gasteiger partial charge in [-0.1, -0.05) is 65.1 Å². The van der Waals surface area contributed by atoms with E-state index in [1.165, 1.54) is 35.6 Å². The van der Waals surface area contributed by atoms with E-state index in [1.807, 2.05) is 30.3 Å². The Morgan fingerprint density at radius 2 is 1.76 bits per heavy atom. The van der Waals surface area contributed by atoms with Gasteiger partial charge in [-0.3, -0.25) is 4.79 Å². The number of halogens is 4. The minimum Gasteiger partial charge on any atom is -0.484 e. The van der Waals surface area contributed by atoms with Gasteiger partial charge in [-0.15, -0.1) is 11.3 Å². The van der Waals surface area contributed by atoms with Gasteiger partial charge in [-0.2, -0.15) is 0 Å². The molecule has 1 unspecified atom stereocenters. The molecule has 0 radical (unpaired) electrons. The van der Waals surface area contributed by atoms with Gasteiger partial charge in [0, 0.05) is 10.9 Å². The molecule has 3 rings (SSSR count). The lowest BCUT2D eigenvalue weighted by Crippen LogP contribution is -2.50. The smallest absolute Gasteiger partial charge is 0.341 e. The Kier molecular flexibility index (Phi) is 9.02. The van der Waals surface area contributed by atoms with Gasteiger partial charge >= 0.3 is 5.97 Å². The molecule has 0 aliphatic rings. The van der Waals surface area contributed by atoms with E-state index in [1.54, 1.807) is 12.3 Å². The molecule has 0 fully saturated rings. The summed E-state index contributed by atoms with van der Waals surface area (Å²) in [6.07, 6.45) is -1.21. The fourth-order valence-electron chi connectivity index (χ4n) is 2.91. The van der Waals surface area contributed by atoms with Crippen LogP contribution >= 0.6 is 46.1 Å². The van der Waals surface area contributed by atoms with Crippen LogP contribution in [0, 0.1) is 5.82 Å². The quantitative estimate of drug-likeness (QED) is 0.195. The van der Waals surface area contributed by atoms with Gasteiger partial charge in [0.05, 0.1) is 6.61 Å². The van der Waals surface area contributed by atoms with Crippen molar-refractivity contribution in [1.29, 1.82) is 0 Å². The third kappa shape index (κ3) is 6.99. The van der Waals surface area contributed by atoms with Crippen LogP contribution in [-0.2, 0) is 9.53 Å². The number of hydrogen-bond acceptors (Lipinski definition) is 6. The fourth-order valence-corrected chi connectivity index (χ4v) is 4.23. The molecule has 34 heavy (non-hydrogen) atoms. The standard InChI is InChI=1S/C23H20Cl3FN2O4S/c1-2-32-21(31)19-17(14-6-4-3-5-7-14)13-34-20(19)29-22(23(24,25)26)28-18(30)12-33-16-10-8-15(27)9-11-16/h3-11,13,22,29H,2,12H2,1H3,(H,28,30). The Balaban J connectivity index is 1.80. The second-order valence-corrected chi connectivity index (χ2v) is 10.1. The number of carbonyl (C=O) groups excluding carboxylic acids is 2. The average Bonchev–Trinajstić information content (AvgIpc) is 3.22. The van der Waals surface area contributed by atoms with Gasteiger partial charge in [-0.05, 0) is 36.8 Å². The molecule has 0 aliphatic heterocycles. The molecule has 3 aromatic rings. The highest BCUT2D eigenvalue weighted by Crippen LogP contribution is 2.39. The summed E-state index contributed by atoms with van der Waals surface area (Å²) in [5, 5.41) is 7.61. The highest BCUT2D eigenvalue weighted by molar-refractivity contribution is 7.15. The Morgan fingerprint density at radius 1 is 1.09 bits per heavy atom. The molecule has 1 aromatic heterocycles. The van der Waals surface area contributed by atoms with E-state index in [-0.39, 0.29) is 12.2 Å². The predicted molar refractivity (Wildman–Crippen MR) is 133 cm³/mol. The van der Waals surface area contributed by atoms with Crippen LogP contribution in [-0.4, -0.2) is 35.0 Å². The molecular weight excluding hydrogens is 526 g/mol. The van der Waals surface area contributed by atoms with Crippen molar-refractivity contribution in [1.82, 2.24) is 5.32 Å². The first-order valence-corrected chi connectivity index (χ1v) is 12.1. The molecule has 0 saturated heterocycles. The molecule has 180 valence electrons. The number of thiophene rings is 1. The zero-order valence-electron chi connectivity index (χ0n) is 17.8. The summed E-state index contributed by atoms with van der Waals surface area (Å²) in [5.74, 6) is -1.30. The van der Waals surface area contributed by atoms with E-state index in [9.17, 15) is 14.0 Å². The second-order valence-electron chi connectivity index (χ2n) is 6.87. The molecule has 1 atom stereocenters. The summed E-state index contributed by atoms with van der Waals surface area (Å²) < 4.78 is 21.6. The number of anilines is 1. The van der Waals surface area contributed by atoms with Crippen molar-refractivity contribution in [3.8, 4) is 16.9 Å². The maximum atomic E-state index is 13.0. The van der Waals surface area contributed by atoms with Crippen molar-refractivity contribution < 1.29 is 23.5 Å². The molecule has 6 nitrogen and oxygen atoms in total. The van der Waals surface area contributed by atoms with Crippen LogP contribution in [0.4, 0.5) is 9.39 Å². The number of alkyl halides is 3. The molecule has 0 aliphatic carbocycles. The van der Waals surface area contributed by atoms with E-state index in [2.05, 4.69) is 10.6 Å². The maximum absolute atomic E-state index is 13.0. The van der Waals surface area contributed by atoms with Gasteiger partial charge < -0.3 is 20.1 Å². The van der Waals surface area contributed by atoms with Crippen LogP contribution in [0.5, 0.6) is 5.75 Å². The van der Waals surface area contributed by atoms with Crippen molar-refractivity contribution in [2.45, 2.75) is 16.9 Å². The van der Waals surface area contributed by atoms with E-state index < -0.39 is 34.3 Å². The fraction of sp³-hybridized carbons (Fsp3) is 0.217. The highest BCUT2D eigenvalue weighted by Gasteiger charge is 2.36. The summed E-state index contributed by atoms with van der Waals surface area (Å²) in [6, 6.07) is 14.5. The number of hydrogen-bond donors (Lipinski definition) is 2. The molecule has 1 heterocycles. The topological polar surface area (TPSA) is 76.7 Å². The Hall–Kier alpha value is -2.52. The molecular formula is C23H20Cl3FN2O4S. The third-order valence-electron chi connectivity index (χ3n) is 4.45. The largest absolute Gasteiger partial charge is 0.484 e. The van der Waals surface area contributed by atoms with E-state index in [0.29, 0.717) is 16.3 Å². The number of esters is 1. The zero-order valence-corrected chi connectivity index (χ0v) is 20.9. The van der Waals surface area contributed by atoms with Crippen LogP contribution in [0.1, 0.15) is 17.3 Å². The lowest BCUT2D eigenvalue weighted by molar-refractivity contribution is -0.123. The number of nitrogens with one attached hydrogen (secondary N) is 2. The van der Waals surface area contributed by atoms with Gasteiger partial charge in [0.15, 0.2) is 6.61 Å². The van der Waals surface area contributed by atoms with Crippen LogP contribution in [0.3, 0.4) is 0 Å². The summed E-state index contributed by atoms with van der Waals surface area (Å²) >= 11 is 19.5.